The van der Waals surface area contributed by atoms with E-state index in [9.17, 15) is 9.90 Å². The van der Waals surface area contributed by atoms with Crippen molar-refractivity contribution in [1.82, 2.24) is 4.90 Å². The van der Waals surface area contributed by atoms with Crippen LogP contribution in [0.5, 0.6) is 0 Å². The normalized spacial score (nSPS) is 26.3. The molecule has 1 N–H and O–H groups in total. The number of aliphatic imine (C=N–C) groups is 1. The maximum atomic E-state index is 11.3. The molecule has 0 radical (unpaired) electrons. The molecule has 2 aliphatic heterocycles. The number of benzene rings is 1. The number of amides is 1. The van der Waals surface area contributed by atoms with Gasteiger partial charge in [-0.05, 0) is 23.7 Å². The van der Waals surface area contributed by atoms with Gasteiger partial charge in [0.25, 0.3) is 0 Å². The number of carbonyl (C=O) groups is 1. The molecule has 1 fully saturated rings. The molecule has 9 heteroatoms. The molecule has 0 unspecified atom stereocenters. The molecule has 4 atom stereocenters. The largest absolute Gasteiger partial charge is 0.465 e. The third-order valence-electron chi connectivity index (χ3n) is 6.30. The lowest BCUT2D eigenvalue weighted by atomic mass is 10.0. The highest BCUT2D eigenvalue weighted by atomic mass is 32.2. The molecular formula is C22H34N2O5SSi. The molecule has 0 saturated carbocycles. The van der Waals surface area contributed by atoms with Crippen molar-refractivity contribution in [3.8, 4) is 0 Å². The molecule has 1 amide bonds. The van der Waals surface area contributed by atoms with E-state index in [1.54, 1.807) is 0 Å². The predicted molar refractivity (Wildman–Crippen MR) is 126 cm³/mol. The summed E-state index contributed by atoms with van der Waals surface area (Å²) in [6.07, 6.45) is -0.756. The summed E-state index contributed by atoms with van der Waals surface area (Å²) < 4.78 is 19.1. The molecule has 31 heavy (non-hydrogen) atoms. The first kappa shape index (κ1) is 24.3. The maximum absolute atomic E-state index is 11.3. The van der Waals surface area contributed by atoms with Gasteiger partial charge in [-0.15, -0.1) is 0 Å². The van der Waals surface area contributed by atoms with E-state index in [2.05, 4.69) is 38.9 Å². The second-order valence-corrected chi connectivity index (χ2v) is 15.5. The van der Waals surface area contributed by atoms with Gasteiger partial charge in [0.05, 0.1) is 25.4 Å². The van der Waals surface area contributed by atoms with Gasteiger partial charge in [-0.3, -0.25) is 9.89 Å². The van der Waals surface area contributed by atoms with Crippen LogP contribution in [0.1, 0.15) is 32.8 Å². The summed E-state index contributed by atoms with van der Waals surface area (Å²) in [6.45, 7) is 12.1. The number of amidine groups is 1. The van der Waals surface area contributed by atoms with Crippen LogP contribution < -0.4 is 0 Å². The zero-order valence-corrected chi connectivity index (χ0v) is 21.0. The lowest BCUT2D eigenvalue weighted by Crippen LogP contribution is -2.50. The Balaban J connectivity index is 1.71. The van der Waals surface area contributed by atoms with Gasteiger partial charge in [-0.1, -0.05) is 62.9 Å². The van der Waals surface area contributed by atoms with Crippen molar-refractivity contribution >= 4 is 31.3 Å². The highest BCUT2D eigenvalue weighted by Gasteiger charge is 2.45. The molecule has 1 aromatic carbocycles. The quantitative estimate of drug-likeness (QED) is 0.607. The highest BCUT2D eigenvalue weighted by Crippen LogP contribution is 2.40. The zero-order valence-electron chi connectivity index (χ0n) is 19.2. The van der Waals surface area contributed by atoms with Crippen molar-refractivity contribution in [3.63, 3.8) is 0 Å². The first-order valence-corrected chi connectivity index (χ1v) is 14.4. The average Bonchev–Trinajstić information content (AvgIpc) is 3.12. The van der Waals surface area contributed by atoms with Crippen LogP contribution in [0.4, 0.5) is 4.79 Å². The van der Waals surface area contributed by atoms with E-state index >= 15 is 0 Å². The maximum Gasteiger partial charge on any atom is 0.413 e. The van der Waals surface area contributed by atoms with Crippen LogP contribution in [0.3, 0.4) is 0 Å². The van der Waals surface area contributed by atoms with Gasteiger partial charge in [0, 0.05) is 13.5 Å². The van der Waals surface area contributed by atoms with Crippen molar-refractivity contribution in [2.45, 2.75) is 75.6 Å². The lowest BCUT2D eigenvalue weighted by Gasteiger charge is -2.41. The number of ether oxygens (including phenoxy) is 2. The van der Waals surface area contributed by atoms with Gasteiger partial charge < -0.3 is 19.0 Å². The summed E-state index contributed by atoms with van der Waals surface area (Å²) in [6, 6.07) is 9.92. The van der Waals surface area contributed by atoms with Crippen LogP contribution in [0.15, 0.2) is 35.3 Å². The fourth-order valence-corrected chi connectivity index (χ4v) is 5.38. The van der Waals surface area contributed by atoms with Crippen molar-refractivity contribution in [2.75, 3.05) is 13.7 Å². The second-order valence-electron chi connectivity index (χ2n) is 9.62. The molecule has 1 saturated heterocycles. The van der Waals surface area contributed by atoms with Gasteiger partial charge in [0.15, 0.2) is 13.5 Å². The minimum atomic E-state index is -1.94. The molecule has 2 aliphatic rings. The molecule has 0 bridgehead atoms. The summed E-state index contributed by atoms with van der Waals surface area (Å²) in [7, 11) is -0.435. The number of carboxylic acid groups (broad SMARTS) is 1. The van der Waals surface area contributed by atoms with E-state index in [0.717, 1.165) is 10.5 Å². The van der Waals surface area contributed by atoms with Crippen LogP contribution in [0, 0.1) is 0 Å². The Kier molecular flexibility index (Phi) is 7.53. The number of thioether (sulfide) groups is 1. The Bertz CT molecular complexity index is 799. The smallest absolute Gasteiger partial charge is 0.413 e. The fraction of sp³-hybridized carbons (Fsp3) is 0.636. The van der Waals surface area contributed by atoms with E-state index in [1.165, 1.54) is 18.8 Å². The summed E-state index contributed by atoms with van der Waals surface area (Å²) in [5.41, 5.74) is 0.880. The molecule has 172 valence electrons. The minimum absolute atomic E-state index is 0.104. The third-order valence-corrected chi connectivity index (χ3v) is 12.1. The number of fused-ring (bicyclic) bond motifs is 1. The summed E-state index contributed by atoms with van der Waals surface area (Å²) in [5, 5.41) is 9.86. The SMILES string of the molecule is CN(C(=O)O)C1=N[C@@H]2C[C@H](OCc3ccccc3)[C@@H](CO[Si](C)(C)C(C)(C)C)O[C@@H]2S1. The van der Waals surface area contributed by atoms with Crippen LogP contribution in [0.25, 0.3) is 0 Å². The molecule has 0 aromatic heterocycles. The van der Waals surface area contributed by atoms with Crippen LogP contribution in [0.2, 0.25) is 18.1 Å². The topological polar surface area (TPSA) is 80.6 Å². The molecule has 1 aromatic rings. The Labute approximate surface area is 190 Å². The van der Waals surface area contributed by atoms with E-state index < -0.39 is 14.4 Å². The van der Waals surface area contributed by atoms with Gasteiger partial charge in [-0.2, -0.15) is 0 Å². The van der Waals surface area contributed by atoms with Gasteiger partial charge in [-0.25, -0.2) is 4.79 Å². The summed E-state index contributed by atoms with van der Waals surface area (Å²) in [5.74, 6) is 0. The van der Waals surface area contributed by atoms with E-state index in [1.807, 2.05) is 30.3 Å². The van der Waals surface area contributed by atoms with Crippen LogP contribution in [-0.2, 0) is 20.5 Å². The second kappa shape index (κ2) is 9.62. The van der Waals surface area contributed by atoms with E-state index in [-0.39, 0.29) is 28.7 Å². The van der Waals surface area contributed by atoms with Crippen LogP contribution >= 0.6 is 11.8 Å². The Hall–Kier alpha value is -1.39. The number of hydrogen-bond acceptors (Lipinski definition) is 6. The molecule has 0 aliphatic carbocycles. The Morgan fingerprint density at radius 1 is 1.32 bits per heavy atom. The lowest BCUT2D eigenvalue weighted by molar-refractivity contribution is -0.138. The molecule has 7 nitrogen and oxygen atoms in total. The monoisotopic (exact) mass is 466 g/mol. The standard InChI is InChI=1S/C22H34N2O5SSi/c1-22(2,3)31(5,6)28-14-18-17(27-13-15-10-8-7-9-11-15)12-16-19(29-18)30-20(23-16)24(4)21(25)26/h7-11,16-19H,12-14H2,1-6H3,(H,25,26)/t16-,17+,18-,19-/m1/s1. The minimum Gasteiger partial charge on any atom is -0.465 e. The molecular weight excluding hydrogens is 432 g/mol. The molecule has 0 spiro atoms. The van der Waals surface area contributed by atoms with Crippen molar-refractivity contribution in [3.05, 3.63) is 35.9 Å². The van der Waals surface area contributed by atoms with Crippen molar-refractivity contribution in [1.29, 1.82) is 0 Å². The summed E-state index contributed by atoms with van der Waals surface area (Å²) >= 11 is 1.36. The molecule has 3 rings (SSSR count). The Morgan fingerprint density at radius 3 is 2.61 bits per heavy atom. The van der Waals surface area contributed by atoms with Crippen LogP contribution in [-0.4, -0.2) is 66.9 Å². The Morgan fingerprint density at radius 2 is 2.00 bits per heavy atom. The van der Waals surface area contributed by atoms with E-state index in [4.69, 9.17) is 13.9 Å². The highest BCUT2D eigenvalue weighted by molar-refractivity contribution is 8.14. The molecule has 2 heterocycles. The number of hydrogen-bond donors (Lipinski definition) is 1. The third kappa shape index (κ3) is 5.90. The zero-order chi connectivity index (χ0) is 22.8. The first-order valence-electron chi connectivity index (χ1n) is 10.6. The first-order chi connectivity index (χ1) is 14.5. The van der Waals surface area contributed by atoms with Crippen molar-refractivity contribution < 1.29 is 23.8 Å². The summed E-state index contributed by atoms with van der Waals surface area (Å²) in [4.78, 5) is 17.1. The van der Waals surface area contributed by atoms with Gasteiger partial charge in [0.1, 0.15) is 11.5 Å². The fourth-order valence-electron chi connectivity index (χ4n) is 3.20. The number of rotatable bonds is 6. The average molecular weight is 467 g/mol. The predicted octanol–water partition coefficient (Wildman–Crippen LogP) is 4.79. The van der Waals surface area contributed by atoms with Crippen molar-refractivity contribution in [2.24, 2.45) is 4.99 Å². The van der Waals surface area contributed by atoms with Gasteiger partial charge >= 0.3 is 6.09 Å². The van der Waals surface area contributed by atoms with Gasteiger partial charge in [0.2, 0.25) is 0 Å². The number of nitrogens with zero attached hydrogens (tertiary/aromatic N) is 2. The van der Waals surface area contributed by atoms with E-state index in [0.29, 0.717) is 24.8 Å².